The smallest absolute Gasteiger partial charge is 0.387 e. The van der Waals surface area contributed by atoms with E-state index in [9.17, 15) is 23.7 Å². The Balaban J connectivity index is 3.47. The number of ether oxygens (including phenoxy) is 1. The standard InChI is InChI=1S/C9H4F2N2O4/c10-9(11)17-8-6(4-14)1-5(3-12)2-7(8)13(15)16/h1-2,4,9H. The number of nitro groups is 1. The average molecular weight is 242 g/mol. The van der Waals surface area contributed by atoms with Gasteiger partial charge in [-0.05, 0) is 6.07 Å². The summed E-state index contributed by atoms with van der Waals surface area (Å²) in [7, 11) is 0. The summed E-state index contributed by atoms with van der Waals surface area (Å²) in [5.74, 6) is -0.848. The highest BCUT2D eigenvalue weighted by Crippen LogP contribution is 2.32. The fourth-order valence-electron chi connectivity index (χ4n) is 1.14. The first kappa shape index (κ1) is 12.5. The van der Waals surface area contributed by atoms with Crippen molar-refractivity contribution in [1.82, 2.24) is 0 Å². The van der Waals surface area contributed by atoms with E-state index in [-0.39, 0.29) is 11.8 Å². The Morgan fingerprint density at radius 3 is 2.59 bits per heavy atom. The van der Waals surface area contributed by atoms with Gasteiger partial charge < -0.3 is 4.74 Å². The van der Waals surface area contributed by atoms with Crippen molar-refractivity contribution in [2.45, 2.75) is 6.61 Å². The lowest BCUT2D eigenvalue weighted by molar-refractivity contribution is -0.386. The summed E-state index contributed by atoms with van der Waals surface area (Å²) in [6, 6.07) is 3.25. The lowest BCUT2D eigenvalue weighted by Crippen LogP contribution is -2.07. The molecule has 0 saturated heterocycles. The van der Waals surface area contributed by atoms with E-state index in [4.69, 9.17) is 5.26 Å². The zero-order valence-corrected chi connectivity index (χ0v) is 8.09. The van der Waals surface area contributed by atoms with Crippen LogP contribution in [0.4, 0.5) is 14.5 Å². The number of carbonyl (C=O) groups excluding carboxylic acids is 1. The first-order valence-corrected chi connectivity index (χ1v) is 4.12. The topological polar surface area (TPSA) is 93.2 Å². The molecule has 0 aliphatic carbocycles. The number of hydrogen-bond acceptors (Lipinski definition) is 5. The Bertz CT molecular complexity index is 510. The zero-order chi connectivity index (χ0) is 13.0. The third-order valence-electron chi connectivity index (χ3n) is 1.76. The number of nitriles is 1. The van der Waals surface area contributed by atoms with E-state index in [1.54, 1.807) is 6.07 Å². The zero-order valence-electron chi connectivity index (χ0n) is 8.09. The van der Waals surface area contributed by atoms with Gasteiger partial charge in [-0.25, -0.2) is 0 Å². The maximum absolute atomic E-state index is 12.0. The van der Waals surface area contributed by atoms with Gasteiger partial charge >= 0.3 is 12.3 Å². The molecule has 0 spiro atoms. The Kier molecular flexibility index (Phi) is 3.66. The molecule has 0 saturated carbocycles. The number of aldehydes is 1. The van der Waals surface area contributed by atoms with E-state index in [1.807, 2.05) is 0 Å². The van der Waals surface area contributed by atoms with Gasteiger partial charge in [-0.15, -0.1) is 0 Å². The Morgan fingerprint density at radius 1 is 1.53 bits per heavy atom. The van der Waals surface area contributed by atoms with Crippen LogP contribution >= 0.6 is 0 Å². The maximum Gasteiger partial charge on any atom is 0.387 e. The van der Waals surface area contributed by atoms with Crippen molar-refractivity contribution >= 4 is 12.0 Å². The molecule has 6 nitrogen and oxygen atoms in total. The largest absolute Gasteiger partial charge is 0.427 e. The van der Waals surface area contributed by atoms with Crippen LogP contribution in [-0.4, -0.2) is 17.8 Å². The van der Waals surface area contributed by atoms with E-state index >= 15 is 0 Å². The second kappa shape index (κ2) is 4.98. The number of nitrogens with zero attached hydrogens (tertiary/aromatic N) is 2. The van der Waals surface area contributed by atoms with Gasteiger partial charge in [0.05, 0.1) is 22.1 Å². The van der Waals surface area contributed by atoms with Crippen LogP contribution < -0.4 is 4.74 Å². The highest BCUT2D eigenvalue weighted by atomic mass is 19.3. The van der Waals surface area contributed by atoms with E-state index in [0.29, 0.717) is 0 Å². The Hall–Kier alpha value is -2.56. The third-order valence-corrected chi connectivity index (χ3v) is 1.76. The van der Waals surface area contributed by atoms with Crippen molar-refractivity contribution < 1.29 is 23.2 Å². The highest BCUT2D eigenvalue weighted by Gasteiger charge is 2.23. The summed E-state index contributed by atoms with van der Waals surface area (Å²) >= 11 is 0. The van der Waals surface area contributed by atoms with E-state index in [0.717, 1.165) is 12.1 Å². The van der Waals surface area contributed by atoms with Crippen LogP contribution in [0.5, 0.6) is 5.75 Å². The first-order valence-electron chi connectivity index (χ1n) is 4.12. The maximum atomic E-state index is 12.0. The van der Waals surface area contributed by atoms with Gasteiger partial charge in [-0.2, -0.15) is 14.0 Å². The SMILES string of the molecule is N#Cc1cc(C=O)c(OC(F)F)c([N+](=O)[O-])c1. The van der Waals surface area contributed by atoms with E-state index in [2.05, 4.69) is 4.74 Å². The molecule has 0 fully saturated rings. The minimum Gasteiger partial charge on any atom is -0.427 e. The molecule has 0 atom stereocenters. The lowest BCUT2D eigenvalue weighted by Gasteiger charge is -2.07. The number of nitro benzene ring substituents is 1. The second-order valence-electron chi connectivity index (χ2n) is 2.78. The van der Waals surface area contributed by atoms with E-state index < -0.39 is 28.5 Å². The molecule has 0 aromatic heterocycles. The second-order valence-corrected chi connectivity index (χ2v) is 2.78. The summed E-state index contributed by atoms with van der Waals surface area (Å²) in [6.45, 7) is -3.31. The van der Waals surface area contributed by atoms with Gasteiger partial charge in [0.25, 0.3) is 0 Å². The van der Waals surface area contributed by atoms with Gasteiger partial charge in [0.1, 0.15) is 0 Å². The van der Waals surface area contributed by atoms with Crippen LogP contribution in [0.15, 0.2) is 12.1 Å². The molecule has 0 aliphatic rings. The van der Waals surface area contributed by atoms with Crippen LogP contribution in [0, 0.1) is 21.4 Å². The molecule has 1 rings (SSSR count). The molecular formula is C9H4F2N2O4. The molecule has 17 heavy (non-hydrogen) atoms. The van der Waals surface area contributed by atoms with Crippen LogP contribution in [0.2, 0.25) is 0 Å². The third kappa shape index (κ3) is 2.72. The summed E-state index contributed by atoms with van der Waals surface area (Å²) < 4.78 is 28.0. The van der Waals surface area contributed by atoms with Gasteiger partial charge in [0.15, 0.2) is 6.29 Å². The molecule has 0 heterocycles. The van der Waals surface area contributed by atoms with Crippen molar-refractivity contribution in [3.05, 3.63) is 33.4 Å². The number of hydrogen-bond donors (Lipinski definition) is 0. The summed E-state index contributed by atoms with van der Waals surface area (Å²) in [4.78, 5) is 20.2. The van der Waals surface area contributed by atoms with Crippen molar-refractivity contribution in [2.75, 3.05) is 0 Å². The molecule has 0 amide bonds. The van der Waals surface area contributed by atoms with Gasteiger partial charge in [-0.1, -0.05) is 0 Å². The molecular weight excluding hydrogens is 238 g/mol. The minimum atomic E-state index is -3.31. The number of benzene rings is 1. The fraction of sp³-hybridized carbons (Fsp3) is 0.111. The summed E-state index contributed by atoms with van der Waals surface area (Å²) in [6.07, 6.45) is 0.103. The van der Waals surface area contributed by atoms with Crippen LogP contribution in [0.3, 0.4) is 0 Å². The number of alkyl halides is 2. The fourth-order valence-corrected chi connectivity index (χ4v) is 1.14. The molecule has 8 heteroatoms. The molecule has 0 aliphatic heterocycles. The summed E-state index contributed by atoms with van der Waals surface area (Å²) in [5, 5.41) is 19.2. The lowest BCUT2D eigenvalue weighted by atomic mass is 10.1. The Labute approximate surface area is 93.2 Å². The predicted molar refractivity (Wildman–Crippen MR) is 49.8 cm³/mol. The molecule has 1 aromatic rings. The summed E-state index contributed by atoms with van der Waals surface area (Å²) in [5.41, 5.74) is -1.53. The normalized spacial score (nSPS) is 9.76. The average Bonchev–Trinajstić information content (AvgIpc) is 2.28. The van der Waals surface area contributed by atoms with Gasteiger partial charge in [0.2, 0.25) is 5.75 Å². The molecule has 0 radical (unpaired) electrons. The monoisotopic (exact) mass is 242 g/mol. The van der Waals surface area contributed by atoms with Crippen LogP contribution in [0.1, 0.15) is 15.9 Å². The van der Waals surface area contributed by atoms with E-state index in [1.165, 1.54) is 0 Å². The molecule has 1 aromatic carbocycles. The van der Waals surface area contributed by atoms with Crippen LogP contribution in [-0.2, 0) is 0 Å². The number of halogens is 2. The first-order chi connectivity index (χ1) is 7.99. The number of rotatable bonds is 4. The van der Waals surface area contributed by atoms with Crippen LogP contribution in [0.25, 0.3) is 0 Å². The minimum absolute atomic E-state index is 0.103. The molecule has 88 valence electrons. The highest BCUT2D eigenvalue weighted by molar-refractivity contribution is 5.83. The van der Waals surface area contributed by atoms with Crippen molar-refractivity contribution in [1.29, 1.82) is 5.26 Å². The predicted octanol–water partition coefficient (Wildman–Crippen LogP) is 1.88. The molecule has 0 unspecified atom stereocenters. The number of carbonyl (C=O) groups is 1. The Morgan fingerprint density at radius 2 is 2.18 bits per heavy atom. The quantitative estimate of drug-likeness (QED) is 0.456. The van der Waals surface area contributed by atoms with Gasteiger partial charge in [-0.3, -0.25) is 14.9 Å². The van der Waals surface area contributed by atoms with Crippen molar-refractivity contribution in [3.63, 3.8) is 0 Å². The molecule has 0 N–H and O–H groups in total. The molecule has 0 bridgehead atoms. The van der Waals surface area contributed by atoms with Crippen molar-refractivity contribution in [3.8, 4) is 11.8 Å². The van der Waals surface area contributed by atoms with Gasteiger partial charge in [0, 0.05) is 6.07 Å². The van der Waals surface area contributed by atoms with Crippen molar-refractivity contribution in [2.24, 2.45) is 0 Å².